The van der Waals surface area contributed by atoms with Gasteiger partial charge in [0.15, 0.2) is 0 Å². The van der Waals surface area contributed by atoms with Crippen LogP contribution in [0.4, 0.5) is 5.69 Å². The smallest absolute Gasteiger partial charge is 0.234 e. The zero-order valence-electron chi connectivity index (χ0n) is 14.5. The van der Waals surface area contributed by atoms with Gasteiger partial charge in [-0.2, -0.15) is 0 Å². The quantitative estimate of drug-likeness (QED) is 0.643. The Morgan fingerprint density at radius 3 is 2.83 bits per heavy atom. The first-order chi connectivity index (χ1) is 10.9. The zero-order chi connectivity index (χ0) is 17.0. The summed E-state index contributed by atoms with van der Waals surface area (Å²) in [6.07, 6.45) is 1.69. The number of nitrogens with one attached hydrogen (secondary N) is 2. The summed E-state index contributed by atoms with van der Waals surface area (Å²) in [5.41, 5.74) is 2.26. The number of aliphatic hydroxyl groups is 1. The van der Waals surface area contributed by atoms with Crippen molar-refractivity contribution in [3.8, 4) is 5.75 Å². The van der Waals surface area contributed by atoms with E-state index >= 15 is 0 Å². The molecular formula is C18H28N2O3. The molecule has 2 rings (SSSR count). The lowest BCUT2D eigenvalue weighted by atomic mass is 9.85. The van der Waals surface area contributed by atoms with Crippen molar-refractivity contribution in [3.63, 3.8) is 0 Å². The molecule has 0 spiro atoms. The first kappa shape index (κ1) is 17.8. The number of carbonyl (C=O) groups excluding carboxylic acids is 1. The minimum absolute atomic E-state index is 0.00732. The summed E-state index contributed by atoms with van der Waals surface area (Å²) in [6, 6.07) is 3.80. The molecule has 1 aromatic carbocycles. The molecule has 5 nitrogen and oxygen atoms in total. The number of aliphatic hydroxyl groups excluding tert-OH is 1. The average molecular weight is 320 g/mol. The van der Waals surface area contributed by atoms with Gasteiger partial charge in [0.05, 0.1) is 5.41 Å². The molecule has 5 heteroatoms. The van der Waals surface area contributed by atoms with E-state index in [1.165, 1.54) is 0 Å². The van der Waals surface area contributed by atoms with E-state index < -0.39 is 11.5 Å². The fourth-order valence-corrected chi connectivity index (χ4v) is 2.71. The molecule has 1 atom stereocenters. The van der Waals surface area contributed by atoms with Gasteiger partial charge in [0.25, 0.3) is 0 Å². The first-order valence-electron chi connectivity index (χ1n) is 8.34. The molecule has 0 saturated carbocycles. The van der Waals surface area contributed by atoms with Crippen LogP contribution in [0, 0.1) is 6.92 Å². The number of aryl methyl sites for hydroxylation is 1. The third kappa shape index (κ3) is 4.03. The van der Waals surface area contributed by atoms with Crippen LogP contribution in [0.5, 0.6) is 5.75 Å². The molecule has 1 aliphatic rings. The summed E-state index contributed by atoms with van der Waals surface area (Å²) in [5.74, 6) is 0.700. The molecule has 0 fully saturated rings. The number of hydrogen-bond donors (Lipinski definition) is 3. The van der Waals surface area contributed by atoms with E-state index in [0.29, 0.717) is 12.3 Å². The highest BCUT2D eigenvalue weighted by Gasteiger charge is 2.39. The number of carbonyl (C=O) groups is 1. The normalized spacial score (nSPS) is 16.8. The van der Waals surface area contributed by atoms with Crippen LogP contribution in [0.15, 0.2) is 12.1 Å². The van der Waals surface area contributed by atoms with Crippen molar-refractivity contribution >= 4 is 11.6 Å². The molecule has 0 aromatic heterocycles. The number of hydrogen-bond acceptors (Lipinski definition) is 4. The van der Waals surface area contributed by atoms with Crippen molar-refractivity contribution in [2.45, 2.75) is 52.1 Å². The zero-order valence-corrected chi connectivity index (χ0v) is 14.5. The van der Waals surface area contributed by atoms with Gasteiger partial charge in [-0.05, 0) is 57.0 Å². The van der Waals surface area contributed by atoms with Gasteiger partial charge in [0, 0.05) is 12.2 Å². The minimum atomic E-state index is -0.556. The average Bonchev–Trinajstić information content (AvgIpc) is 2.73. The van der Waals surface area contributed by atoms with E-state index in [-0.39, 0.29) is 12.5 Å². The number of amides is 1. The van der Waals surface area contributed by atoms with Crippen LogP contribution in [-0.2, 0) is 10.2 Å². The summed E-state index contributed by atoms with van der Waals surface area (Å²) in [5, 5.41) is 16.1. The van der Waals surface area contributed by atoms with E-state index in [1.807, 2.05) is 32.9 Å². The minimum Gasteiger partial charge on any atom is -0.491 e. The third-order valence-electron chi connectivity index (χ3n) is 4.32. The van der Waals surface area contributed by atoms with Crippen molar-refractivity contribution in [2.24, 2.45) is 0 Å². The van der Waals surface area contributed by atoms with Crippen LogP contribution >= 0.6 is 0 Å². The third-order valence-corrected chi connectivity index (χ3v) is 4.32. The second kappa shape index (κ2) is 7.32. The molecule has 128 valence electrons. The molecule has 1 aromatic rings. The Morgan fingerprint density at radius 2 is 2.13 bits per heavy atom. The van der Waals surface area contributed by atoms with Crippen LogP contribution in [0.2, 0.25) is 0 Å². The lowest BCUT2D eigenvalue weighted by Crippen LogP contribution is -2.32. The largest absolute Gasteiger partial charge is 0.491 e. The molecule has 1 unspecified atom stereocenters. The first-order valence-corrected chi connectivity index (χ1v) is 8.34. The highest BCUT2D eigenvalue weighted by molar-refractivity contribution is 6.06. The predicted octanol–water partition coefficient (Wildman–Crippen LogP) is 2.35. The summed E-state index contributed by atoms with van der Waals surface area (Å²) >= 11 is 0. The van der Waals surface area contributed by atoms with Gasteiger partial charge in [-0.1, -0.05) is 13.3 Å². The maximum absolute atomic E-state index is 12.1. The Morgan fingerprint density at radius 1 is 1.39 bits per heavy atom. The van der Waals surface area contributed by atoms with Gasteiger partial charge in [0.2, 0.25) is 5.91 Å². The fourth-order valence-electron chi connectivity index (χ4n) is 2.71. The van der Waals surface area contributed by atoms with Crippen LogP contribution in [0.3, 0.4) is 0 Å². The van der Waals surface area contributed by atoms with Gasteiger partial charge in [-0.25, -0.2) is 0 Å². The van der Waals surface area contributed by atoms with Crippen LogP contribution in [0.25, 0.3) is 0 Å². The molecule has 23 heavy (non-hydrogen) atoms. The summed E-state index contributed by atoms with van der Waals surface area (Å²) < 4.78 is 5.73. The van der Waals surface area contributed by atoms with Crippen molar-refractivity contribution < 1.29 is 14.6 Å². The number of anilines is 1. The molecule has 0 aliphatic carbocycles. The Labute approximate surface area is 138 Å². The summed E-state index contributed by atoms with van der Waals surface area (Å²) in [7, 11) is 0. The lowest BCUT2D eigenvalue weighted by Gasteiger charge is -2.18. The van der Waals surface area contributed by atoms with Gasteiger partial charge in [0.1, 0.15) is 18.5 Å². The fraction of sp³-hybridized carbons (Fsp3) is 0.611. The molecule has 3 N–H and O–H groups in total. The van der Waals surface area contributed by atoms with Crippen molar-refractivity contribution in [2.75, 3.05) is 25.0 Å². The second-order valence-electron chi connectivity index (χ2n) is 6.76. The SMILES string of the molecule is CCCCNCC(O)COc1cc(C)c2c(c1)C(C)(C)C(=O)N2. The van der Waals surface area contributed by atoms with Crippen LogP contribution < -0.4 is 15.4 Å². The number of ether oxygens (including phenoxy) is 1. The van der Waals surface area contributed by atoms with Crippen molar-refractivity contribution in [3.05, 3.63) is 23.3 Å². The van der Waals surface area contributed by atoms with Gasteiger partial charge in [-0.15, -0.1) is 0 Å². The van der Waals surface area contributed by atoms with Crippen molar-refractivity contribution in [1.82, 2.24) is 5.32 Å². The highest BCUT2D eigenvalue weighted by Crippen LogP contribution is 2.41. The Hall–Kier alpha value is -1.59. The lowest BCUT2D eigenvalue weighted by molar-refractivity contribution is -0.119. The Balaban J connectivity index is 1.96. The monoisotopic (exact) mass is 320 g/mol. The predicted molar refractivity (Wildman–Crippen MR) is 92.1 cm³/mol. The molecule has 0 saturated heterocycles. The number of rotatable bonds is 8. The Kier molecular flexibility index (Phi) is 5.65. The van der Waals surface area contributed by atoms with Gasteiger partial charge >= 0.3 is 0 Å². The highest BCUT2D eigenvalue weighted by atomic mass is 16.5. The topological polar surface area (TPSA) is 70.6 Å². The Bertz CT molecular complexity index is 570. The van der Waals surface area contributed by atoms with Crippen LogP contribution in [0.1, 0.15) is 44.7 Å². The van der Waals surface area contributed by atoms with Crippen LogP contribution in [-0.4, -0.2) is 36.8 Å². The number of fused-ring (bicyclic) bond motifs is 1. The van der Waals surface area contributed by atoms with Gasteiger partial charge < -0.3 is 20.5 Å². The van der Waals surface area contributed by atoms with Crippen molar-refractivity contribution in [1.29, 1.82) is 0 Å². The van der Waals surface area contributed by atoms with E-state index in [2.05, 4.69) is 17.6 Å². The number of benzene rings is 1. The van der Waals surface area contributed by atoms with E-state index in [0.717, 1.165) is 36.2 Å². The summed E-state index contributed by atoms with van der Waals surface area (Å²) in [4.78, 5) is 12.1. The molecule has 1 aliphatic heterocycles. The molecule has 0 bridgehead atoms. The van der Waals surface area contributed by atoms with Gasteiger partial charge in [-0.3, -0.25) is 4.79 Å². The standard InChI is InChI=1S/C18H28N2O3/c1-5-6-7-19-10-13(21)11-23-14-8-12(2)16-15(9-14)18(3,4)17(22)20-16/h8-9,13,19,21H,5-7,10-11H2,1-4H3,(H,20,22). The molecule has 0 radical (unpaired) electrons. The second-order valence-corrected chi connectivity index (χ2v) is 6.76. The summed E-state index contributed by atoms with van der Waals surface area (Å²) in [6.45, 7) is 9.57. The maximum atomic E-state index is 12.1. The molecule has 1 amide bonds. The molecule has 1 heterocycles. The maximum Gasteiger partial charge on any atom is 0.234 e. The van der Waals surface area contributed by atoms with E-state index in [4.69, 9.17) is 4.74 Å². The van der Waals surface area contributed by atoms with E-state index in [1.54, 1.807) is 0 Å². The number of unbranched alkanes of at least 4 members (excludes halogenated alkanes) is 1. The molecular weight excluding hydrogens is 292 g/mol. The van der Waals surface area contributed by atoms with E-state index in [9.17, 15) is 9.90 Å².